The topological polar surface area (TPSA) is 76.1 Å². The zero-order valence-corrected chi connectivity index (χ0v) is 12.0. The number of esters is 1. The normalized spacial score (nSPS) is 10.4. The quantitative estimate of drug-likeness (QED) is 0.735. The molecule has 6 nitrogen and oxygen atoms in total. The zero-order valence-electron chi connectivity index (χ0n) is 12.0. The molecule has 0 aromatic carbocycles. The minimum atomic E-state index is -0.205. The highest BCUT2D eigenvalue weighted by atomic mass is 16.5. The highest BCUT2D eigenvalue weighted by Gasteiger charge is 2.14. The monoisotopic (exact) mass is 266 g/mol. The van der Waals surface area contributed by atoms with E-state index in [4.69, 9.17) is 4.74 Å². The van der Waals surface area contributed by atoms with E-state index < -0.39 is 0 Å². The lowest BCUT2D eigenvalue weighted by atomic mass is 10.0. The summed E-state index contributed by atoms with van der Waals surface area (Å²) in [7, 11) is 1.83. The predicted octanol–water partition coefficient (Wildman–Crippen LogP) is 2.01. The lowest BCUT2D eigenvalue weighted by Crippen LogP contribution is -2.14. The van der Waals surface area contributed by atoms with Crippen LogP contribution >= 0.6 is 0 Å². The number of carbonyl (C=O) groups is 1. The van der Waals surface area contributed by atoms with Crippen molar-refractivity contribution in [3.05, 3.63) is 11.9 Å². The number of carbonyl (C=O) groups excluding carboxylic acids is 1. The van der Waals surface area contributed by atoms with E-state index in [1.54, 1.807) is 6.92 Å². The van der Waals surface area contributed by atoms with Gasteiger partial charge in [-0.1, -0.05) is 13.8 Å². The SMILES string of the molecule is CCOC(=O)CCNc1ncnc(NC)c1C(C)C. The average molecular weight is 266 g/mol. The summed E-state index contributed by atoms with van der Waals surface area (Å²) in [6.45, 7) is 6.87. The average Bonchev–Trinajstić information content (AvgIpc) is 2.38. The molecule has 0 saturated heterocycles. The zero-order chi connectivity index (χ0) is 14.3. The maximum atomic E-state index is 11.3. The third-order valence-corrected chi connectivity index (χ3v) is 2.62. The van der Waals surface area contributed by atoms with Crippen LogP contribution in [0.25, 0.3) is 0 Å². The van der Waals surface area contributed by atoms with Crippen molar-refractivity contribution >= 4 is 17.6 Å². The molecule has 0 saturated carbocycles. The first-order chi connectivity index (χ1) is 9.10. The van der Waals surface area contributed by atoms with E-state index in [-0.39, 0.29) is 11.9 Å². The van der Waals surface area contributed by atoms with E-state index in [9.17, 15) is 4.79 Å². The molecule has 19 heavy (non-hydrogen) atoms. The van der Waals surface area contributed by atoms with Crippen molar-refractivity contribution < 1.29 is 9.53 Å². The van der Waals surface area contributed by atoms with Gasteiger partial charge in [0.1, 0.15) is 18.0 Å². The number of anilines is 2. The van der Waals surface area contributed by atoms with Crippen LogP contribution in [-0.4, -0.2) is 36.1 Å². The van der Waals surface area contributed by atoms with Gasteiger partial charge in [0.25, 0.3) is 0 Å². The molecule has 106 valence electrons. The van der Waals surface area contributed by atoms with Crippen LogP contribution in [0.3, 0.4) is 0 Å². The van der Waals surface area contributed by atoms with Gasteiger partial charge in [-0.3, -0.25) is 4.79 Å². The Balaban J connectivity index is 2.70. The van der Waals surface area contributed by atoms with Gasteiger partial charge in [-0.15, -0.1) is 0 Å². The minimum Gasteiger partial charge on any atom is -0.466 e. The summed E-state index contributed by atoms with van der Waals surface area (Å²) in [4.78, 5) is 19.7. The van der Waals surface area contributed by atoms with Crippen LogP contribution in [0.5, 0.6) is 0 Å². The van der Waals surface area contributed by atoms with Crippen molar-refractivity contribution in [2.24, 2.45) is 0 Å². The standard InChI is InChI=1S/C13H22N4O2/c1-5-19-10(18)6-7-15-13-11(9(2)3)12(14-4)16-8-17-13/h8-9H,5-7H2,1-4H3,(H2,14,15,16,17). The summed E-state index contributed by atoms with van der Waals surface area (Å²) < 4.78 is 4.88. The van der Waals surface area contributed by atoms with Crippen LogP contribution in [-0.2, 0) is 9.53 Å². The van der Waals surface area contributed by atoms with Crippen LogP contribution < -0.4 is 10.6 Å². The third-order valence-electron chi connectivity index (χ3n) is 2.62. The van der Waals surface area contributed by atoms with Crippen LogP contribution in [0, 0.1) is 0 Å². The van der Waals surface area contributed by atoms with Gasteiger partial charge in [0.15, 0.2) is 0 Å². The first-order valence-corrected chi connectivity index (χ1v) is 6.52. The first-order valence-electron chi connectivity index (χ1n) is 6.52. The number of rotatable bonds is 7. The molecule has 0 aliphatic rings. The molecule has 0 radical (unpaired) electrons. The lowest BCUT2D eigenvalue weighted by molar-refractivity contribution is -0.142. The Morgan fingerprint density at radius 1 is 1.37 bits per heavy atom. The molecular formula is C13H22N4O2. The molecule has 6 heteroatoms. The Bertz CT molecular complexity index is 421. The number of hydrogen-bond donors (Lipinski definition) is 2. The molecule has 1 aromatic heterocycles. The Hall–Kier alpha value is -1.85. The Morgan fingerprint density at radius 3 is 2.63 bits per heavy atom. The molecule has 1 aromatic rings. The van der Waals surface area contributed by atoms with Gasteiger partial charge in [-0.25, -0.2) is 9.97 Å². The predicted molar refractivity (Wildman–Crippen MR) is 75.4 cm³/mol. The number of nitrogens with zero attached hydrogens (tertiary/aromatic N) is 2. The van der Waals surface area contributed by atoms with Crippen molar-refractivity contribution in [1.82, 2.24) is 9.97 Å². The van der Waals surface area contributed by atoms with Gasteiger partial charge in [0.2, 0.25) is 0 Å². The van der Waals surface area contributed by atoms with E-state index in [0.29, 0.717) is 19.6 Å². The van der Waals surface area contributed by atoms with Gasteiger partial charge in [-0.05, 0) is 12.8 Å². The fourth-order valence-corrected chi connectivity index (χ4v) is 1.80. The molecule has 0 bridgehead atoms. The highest BCUT2D eigenvalue weighted by molar-refractivity contribution is 5.70. The largest absolute Gasteiger partial charge is 0.466 e. The Kier molecular flexibility index (Phi) is 6.05. The molecule has 1 heterocycles. The summed E-state index contributed by atoms with van der Waals surface area (Å²) in [6, 6.07) is 0. The molecule has 2 N–H and O–H groups in total. The smallest absolute Gasteiger partial charge is 0.307 e. The third kappa shape index (κ3) is 4.39. The summed E-state index contributed by atoms with van der Waals surface area (Å²) in [5.74, 6) is 1.65. The van der Waals surface area contributed by atoms with Gasteiger partial charge in [0.05, 0.1) is 13.0 Å². The molecule has 1 rings (SSSR count). The summed E-state index contributed by atoms with van der Waals surface area (Å²) in [5, 5.41) is 6.22. The summed E-state index contributed by atoms with van der Waals surface area (Å²) in [5.41, 5.74) is 1.02. The van der Waals surface area contributed by atoms with Gasteiger partial charge in [-0.2, -0.15) is 0 Å². The van der Waals surface area contributed by atoms with Crippen LogP contribution in [0.15, 0.2) is 6.33 Å². The molecule has 0 spiro atoms. The second kappa shape index (κ2) is 7.56. The number of aromatic nitrogens is 2. The van der Waals surface area contributed by atoms with Crippen LogP contribution in [0.4, 0.5) is 11.6 Å². The molecule has 0 fully saturated rings. The van der Waals surface area contributed by atoms with Crippen LogP contribution in [0.2, 0.25) is 0 Å². The van der Waals surface area contributed by atoms with Crippen molar-refractivity contribution in [1.29, 1.82) is 0 Å². The van der Waals surface area contributed by atoms with E-state index in [1.165, 1.54) is 6.33 Å². The van der Waals surface area contributed by atoms with E-state index in [0.717, 1.165) is 17.2 Å². The number of ether oxygens (including phenoxy) is 1. The molecule has 0 aliphatic carbocycles. The van der Waals surface area contributed by atoms with Gasteiger partial charge >= 0.3 is 5.97 Å². The van der Waals surface area contributed by atoms with E-state index in [1.807, 2.05) is 7.05 Å². The fourth-order valence-electron chi connectivity index (χ4n) is 1.80. The van der Waals surface area contributed by atoms with Crippen molar-refractivity contribution in [2.45, 2.75) is 33.1 Å². The van der Waals surface area contributed by atoms with Crippen molar-refractivity contribution in [2.75, 3.05) is 30.8 Å². The minimum absolute atomic E-state index is 0.205. The molecule has 0 unspecified atom stereocenters. The van der Waals surface area contributed by atoms with E-state index in [2.05, 4.69) is 34.4 Å². The van der Waals surface area contributed by atoms with Crippen LogP contribution in [0.1, 0.15) is 38.7 Å². The maximum absolute atomic E-state index is 11.3. The molecule has 0 amide bonds. The second-order valence-electron chi connectivity index (χ2n) is 4.37. The van der Waals surface area contributed by atoms with E-state index >= 15 is 0 Å². The maximum Gasteiger partial charge on any atom is 0.307 e. The van der Waals surface area contributed by atoms with Gasteiger partial charge < -0.3 is 15.4 Å². The van der Waals surface area contributed by atoms with Crippen molar-refractivity contribution in [3.63, 3.8) is 0 Å². The van der Waals surface area contributed by atoms with Crippen molar-refractivity contribution in [3.8, 4) is 0 Å². The summed E-state index contributed by atoms with van der Waals surface area (Å²) >= 11 is 0. The highest BCUT2D eigenvalue weighted by Crippen LogP contribution is 2.27. The molecule has 0 atom stereocenters. The molecule has 0 aliphatic heterocycles. The lowest BCUT2D eigenvalue weighted by Gasteiger charge is -2.16. The second-order valence-corrected chi connectivity index (χ2v) is 4.37. The number of hydrogen-bond acceptors (Lipinski definition) is 6. The number of nitrogens with one attached hydrogen (secondary N) is 2. The Labute approximate surface area is 114 Å². The summed E-state index contributed by atoms with van der Waals surface area (Å²) in [6.07, 6.45) is 1.83. The Morgan fingerprint density at radius 2 is 2.05 bits per heavy atom. The molecular weight excluding hydrogens is 244 g/mol. The van der Waals surface area contributed by atoms with Gasteiger partial charge in [0, 0.05) is 19.2 Å². The fraction of sp³-hybridized carbons (Fsp3) is 0.615. The first kappa shape index (κ1) is 15.2.